The van der Waals surface area contributed by atoms with E-state index in [-0.39, 0.29) is 24.8 Å². The number of carbonyl (C=O) groups excluding carboxylic acids is 2. The summed E-state index contributed by atoms with van der Waals surface area (Å²) in [5, 5.41) is 12.5. The lowest BCUT2D eigenvalue weighted by Crippen LogP contribution is -2.42. The highest BCUT2D eigenvalue weighted by Gasteiger charge is 2.37. The van der Waals surface area contributed by atoms with E-state index in [4.69, 9.17) is 0 Å². The lowest BCUT2D eigenvalue weighted by Gasteiger charge is -2.22. The molecule has 6 nitrogen and oxygen atoms in total. The Bertz CT molecular complexity index is 518. The van der Waals surface area contributed by atoms with Crippen molar-refractivity contribution in [1.82, 2.24) is 9.88 Å². The van der Waals surface area contributed by atoms with Gasteiger partial charge in [0.15, 0.2) is 0 Å². The average Bonchev–Trinajstić information content (AvgIpc) is 2.82. The number of pyridine rings is 1. The molecule has 2 N–H and O–H groups in total. The minimum atomic E-state index is -0.644. The number of anilines is 1. The van der Waals surface area contributed by atoms with Gasteiger partial charge in [0.25, 0.3) is 0 Å². The Kier molecular flexibility index (Phi) is 4.34. The molecule has 0 aromatic carbocycles. The minimum Gasteiger partial charge on any atom is -0.391 e. The van der Waals surface area contributed by atoms with E-state index < -0.39 is 12.1 Å². The third kappa shape index (κ3) is 2.96. The van der Waals surface area contributed by atoms with E-state index in [9.17, 15) is 14.7 Å². The predicted octanol–water partition coefficient (Wildman–Crippen LogP) is 0.564. The summed E-state index contributed by atoms with van der Waals surface area (Å²) in [6, 6.07) is 1.23. The number of aliphatic hydroxyl groups excluding tert-OH is 1. The number of aliphatic hydroxyl groups is 1. The largest absolute Gasteiger partial charge is 0.391 e. The molecule has 6 heteroatoms. The maximum atomic E-state index is 12.3. The molecule has 0 spiro atoms. The Morgan fingerprint density at radius 3 is 2.95 bits per heavy atom. The van der Waals surface area contributed by atoms with Crippen LogP contribution in [0.5, 0.6) is 0 Å². The topological polar surface area (TPSA) is 82.5 Å². The van der Waals surface area contributed by atoms with Gasteiger partial charge in [0.05, 0.1) is 18.0 Å². The van der Waals surface area contributed by atoms with Gasteiger partial charge < -0.3 is 15.3 Å². The summed E-state index contributed by atoms with van der Waals surface area (Å²) >= 11 is 0. The molecule has 1 aromatic heterocycles. The van der Waals surface area contributed by atoms with Gasteiger partial charge in [-0.2, -0.15) is 0 Å². The predicted molar refractivity (Wildman–Crippen MR) is 74.0 cm³/mol. The number of β-amino-alcohol motifs (C(OH)–C–C–N with tert-alkyl or cyclic N) is 1. The molecule has 0 saturated carbocycles. The zero-order valence-corrected chi connectivity index (χ0v) is 11.7. The Balaban J connectivity index is 2.13. The third-order valence-electron chi connectivity index (χ3n) is 3.54. The zero-order chi connectivity index (χ0) is 14.7. The van der Waals surface area contributed by atoms with Crippen LogP contribution in [-0.4, -0.2) is 45.5 Å². The molecule has 1 saturated heterocycles. The first-order chi connectivity index (χ1) is 9.52. The van der Waals surface area contributed by atoms with Crippen LogP contribution in [0.25, 0.3) is 0 Å². The molecular weight excluding hydrogens is 258 g/mol. The lowest BCUT2D eigenvalue weighted by molar-refractivity contribution is -0.134. The standard InChI is InChI=1S/C14H19N3O3/c1-3-10-4-5-15-7-12(10)16-14(20)13-6-11(19)8-17(13)9(2)18/h4-5,7,11,13,19H,3,6,8H2,1-2H3,(H,16,20)/t11-,13+/m0/s1. The van der Waals surface area contributed by atoms with Gasteiger partial charge in [-0.05, 0) is 18.1 Å². The van der Waals surface area contributed by atoms with E-state index >= 15 is 0 Å². The Morgan fingerprint density at radius 2 is 2.30 bits per heavy atom. The van der Waals surface area contributed by atoms with Crippen molar-refractivity contribution in [1.29, 1.82) is 0 Å². The second-order valence-electron chi connectivity index (χ2n) is 4.95. The molecule has 0 radical (unpaired) electrons. The number of rotatable bonds is 3. The molecule has 2 amide bonds. The van der Waals surface area contributed by atoms with Crippen LogP contribution < -0.4 is 5.32 Å². The lowest BCUT2D eigenvalue weighted by atomic mass is 10.1. The summed E-state index contributed by atoms with van der Waals surface area (Å²) in [7, 11) is 0. The van der Waals surface area contributed by atoms with Crippen LogP contribution in [0.1, 0.15) is 25.8 Å². The third-order valence-corrected chi connectivity index (χ3v) is 3.54. The highest BCUT2D eigenvalue weighted by Crippen LogP contribution is 2.21. The van der Waals surface area contributed by atoms with Gasteiger partial charge in [0.1, 0.15) is 6.04 Å². The quantitative estimate of drug-likeness (QED) is 0.846. The van der Waals surface area contributed by atoms with Gasteiger partial charge in [0.2, 0.25) is 11.8 Å². The molecule has 2 heterocycles. The summed E-state index contributed by atoms with van der Waals surface area (Å²) < 4.78 is 0. The van der Waals surface area contributed by atoms with Crippen molar-refractivity contribution in [2.45, 2.75) is 38.8 Å². The number of carbonyl (C=O) groups is 2. The van der Waals surface area contributed by atoms with E-state index in [1.54, 1.807) is 12.4 Å². The first-order valence-electron chi connectivity index (χ1n) is 6.72. The molecule has 108 valence electrons. The fraction of sp³-hybridized carbons (Fsp3) is 0.500. The van der Waals surface area contributed by atoms with Crippen LogP contribution >= 0.6 is 0 Å². The molecule has 1 fully saturated rings. The summed E-state index contributed by atoms with van der Waals surface area (Å²) in [6.07, 6.45) is 3.68. The zero-order valence-electron chi connectivity index (χ0n) is 11.7. The molecule has 1 aliphatic rings. The SMILES string of the molecule is CCc1ccncc1NC(=O)[C@H]1C[C@H](O)CN1C(C)=O. The molecule has 1 aromatic rings. The van der Waals surface area contributed by atoms with E-state index in [2.05, 4.69) is 10.3 Å². The summed E-state index contributed by atoms with van der Waals surface area (Å²) in [4.78, 5) is 29.2. The highest BCUT2D eigenvalue weighted by atomic mass is 16.3. The fourth-order valence-corrected chi connectivity index (χ4v) is 2.47. The van der Waals surface area contributed by atoms with Gasteiger partial charge in [-0.1, -0.05) is 6.92 Å². The number of hydrogen-bond acceptors (Lipinski definition) is 4. The smallest absolute Gasteiger partial charge is 0.247 e. The molecule has 2 atom stereocenters. The molecule has 0 bridgehead atoms. The normalized spacial score (nSPS) is 21.9. The Hall–Kier alpha value is -1.95. The summed E-state index contributed by atoms with van der Waals surface area (Å²) in [5.74, 6) is -0.483. The maximum Gasteiger partial charge on any atom is 0.247 e. The van der Waals surface area contributed by atoms with E-state index in [0.717, 1.165) is 12.0 Å². The van der Waals surface area contributed by atoms with Crippen molar-refractivity contribution >= 4 is 17.5 Å². The first-order valence-corrected chi connectivity index (χ1v) is 6.72. The van der Waals surface area contributed by atoms with Gasteiger partial charge in [-0.3, -0.25) is 14.6 Å². The van der Waals surface area contributed by atoms with Crippen LogP contribution in [0.15, 0.2) is 18.5 Å². The Labute approximate surface area is 117 Å². The second-order valence-corrected chi connectivity index (χ2v) is 4.95. The van der Waals surface area contributed by atoms with Gasteiger partial charge in [-0.25, -0.2) is 0 Å². The van der Waals surface area contributed by atoms with E-state index in [1.165, 1.54) is 11.8 Å². The Morgan fingerprint density at radius 1 is 1.55 bits per heavy atom. The monoisotopic (exact) mass is 277 g/mol. The molecule has 0 unspecified atom stereocenters. The number of nitrogens with zero attached hydrogens (tertiary/aromatic N) is 2. The average molecular weight is 277 g/mol. The van der Waals surface area contributed by atoms with Gasteiger partial charge >= 0.3 is 0 Å². The number of amides is 2. The minimum absolute atomic E-state index is 0.205. The fourth-order valence-electron chi connectivity index (χ4n) is 2.47. The van der Waals surface area contributed by atoms with Crippen LogP contribution in [0.2, 0.25) is 0 Å². The van der Waals surface area contributed by atoms with E-state index in [1.807, 2.05) is 13.0 Å². The van der Waals surface area contributed by atoms with Crippen LogP contribution in [0.4, 0.5) is 5.69 Å². The van der Waals surface area contributed by atoms with Crippen LogP contribution in [0.3, 0.4) is 0 Å². The van der Waals surface area contributed by atoms with Crippen LogP contribution in [-0.2, 0) is 16.0 Å². The van der Waals surface area contributed by atoms with Crippen molar-refractivity contribution in [2.24, 2.45) is 0 Å². The molecule has 1 aliphatic heterocycles. The van der Waals surface area contributed by atoms with Crippen LogP contribution in [0, 0.1) is 0 Å². The maximum absolute atomic E-state index is 12.3. The second kappa shape index (κ2) is 6.00. The number of nitrogens with one attached hydrogen (secondary N) is 1. The molecule has 0 aliphatic carbocycles. The number of aromatic nitrogens is 1. The number of hydrogen-bond donors (Lipinski definition) is 2. The van der Waals surface area contributed by atoms with Crippen molar-refractivity contribution in [2.75, 3.05) is 11.9 Å². The van der Waals surface area contributed by atoms with Gasteiger partial charge in [-0.15, -0.1) is 0 Å². The van der Waals surface area contributed by atoms with Crippen molar-refractivity contribution in [3.8, 4) is 0 Å². The molecule has 2 rings (SSSR count). The van der Waals surface area contributed by atoms with Crippen molar-refractivity contribution in [3.05, 3.63) is 24.0 Å². The summed E-state index contributed by atoms with van der Waals surface area (Å²) in [5.41, 5.74) is 1.64. The van der Waals surface area contributed by atoms with Gasteiger partial charge in [0, 0.05) is 26.1 Å². The highest BCUT2D eigenvalue weighted by molar-refractivity contribution is 5.97. The first kappa shape index (κ1) is 14.5. The van der Waals surface area contributed by atoms with Crippen molar-refractivity contribution in [3.63, 3.8) is 0 Å². The summed E-state index contributed by atoms with van der Waals surface area (Å²) in [6.45, 7) is 3.60. The van der Waals surface area contributed by atoms with Crippen molar-refractivity contribution < 1.29 is 14.7 Å². The number of aryl methyl sites for hydroxylation is 1. The van der Waals surface area contributed by atoms with E-state index in [0.29, 0.717) is 5.69 Å². The molecular formula is C14H19N3O3. The number of likely N-dealkylation sites (tertiary alicyclic amines) is 1. The molecule has 20 heavy (non-hydrogen) atoms.